The summed E-state index contributed by atoms with van der Waals surface area (Å²) in [6, 6.07) is 8.46. The summed E-state index contributed by atoms with van der Waals surface area (Å²) in [7, 11) is 0. The zero-order chi connectivity index (χ0) is 13.9. The van der Waals surface area contributed by atoms with Crippen molar-refractivity contribution in [1.29, 1.82) is 0 Å². The van der Waals surface area contributed by atoms with E-state index in [9.17, 15) is 4.79 Å². The highest BCUT2D eigenvalue weighted by Crippen LogP contribution is 2.20. The average molecular weight is 271 g/mol. The summed E-state index contributed by atoms with van der Waals surface area (Å²) in [6.45, 7) is 1.55. The zero-order valence-electron chi connectivity index (χ0n) is 11.6. The fourth-order valence-electron chi connectivity index (χ4n) is 2.94. The predicted octanol–water partition coefficient (Wildman–Crippen LogP) is 2.05. The van der Waals surface area contributed by atoms with Gasteiger partial charge in [-0.3, -0.25) is 4.79 Å². The van der Waals surface area contributed by atoms with E-state index in [0.717, 1.165) is 32.4 Å². The molecule has 1 aliphatic heterocycles. The van der Waals surface area contributed by atoms with Crippen molar-refractivity contribution >= 4 is 16.8 Å². The van der Waals surface area contributed by atoms with Gasteiger partial charge in [-0.05, 0) is 30.9 Å². The third kappa shape index (κ3) is 2.70. The first-order valence-electron chi connectivity index (χ1n) is 7.32. The average Bonchev–Trinajstić information content (AvgIpc) is 3.06. The lowest BCUT2D eigenvalue weighted by Gasteiger charge is -2.15. The number of para-hydroxylation sites is 1. The van der Waals surface area contributed by atoms with Gasteiger partial charge in [-0.2, -0.15) is 0 Å². The SMILES string of the molecule is N[C@@H]1CCN(C(=O)CCCc2c[nH]c3ccccc23)C1. The lowest BCUT2D eigenvalue weighted by atomic mass is 10.1. The number of hydrogen-bond acceptors (Lipinski definition) is 2. The smallest absolute Gasteiger partial charge is 0.222 e. The van der Waals surface area contributed by atoms with Gasteiger partial charge in [0.05, 0.1) is 0 Å². The monoisotopic (exact) mass is 271 g/mol. The van der Waals surface area contributed by atoms with E-state index in [1.165, 1.54) is 16.5 Å². The van der Waals surface area contributed by atoms with Crippen molar-refractivity contribution in [1.82, 2.24) is 9.88 Å². The number of nitrogens with one attached hydrogen (secondary N) is 1. The third-order valence-corrected chi connectivity index (χ3v) is 4.09. The Hall–Kier alpha value is -1.81. The number of aromatic nitrogens is 1. The predicted molar refractivity (Wildman–Crippen MR) is 80.4 cm³/mol. The van der Waals surface area contributed by atoms with Crippen molar-refractivity contribution in [2.45, 2.75) is 31.7 Å². The highest BCUT2D eigenvalue weighted by Gasteiger charge is 2.22. The molecule has 0 aliphatic carbocycles. The van der Waals surface area contributed by atoms with Crippen molar-refractivity contribution in [3.8, 4) is 0 Å². The molecule has 3 N–H and O–H groups in total. The number of hydrogen-bond donors (Lipinski definition) is 2. The summed E-state index contributed by atoms with van der Waals surface area (Å²) >= 11 is 0. The maximum absolute atomic E-state index is 12.0. The third-order valence-electron chi connectivity index (χ3n) is 4.09. The first-order valence-corrected chi connectivity index (χ1v) is 7.32. The molecule has 106 valence electrons. The van der Waals surface area contributed by atoms with Crippen LogP contribution >= 0.6 is 0 Å². The van der Waals surface area contributed by atoms with E-state index in [0.29, 0.717) is 6.42 Å². The second kappa shape index (κ2) is 5.67. The van der Waals surface area contributed by atoms with Crippen LogP contribution in [0.15, 0.2) is 30.5 Å². The van der Waals surface area contributed by atoms with Crippen LogP contribution in [0.25, 0.3) is 10.9 Å². The number of benzene rings is 1. The number of nitrogens with two attached hydrogens (primary N) is 1. The number of nitrogens with zero attached hydrogens (tertiary/aromatic N) is 1. The Morgan fingerprint density at radius 1 is 1.40 bits per heavy atom. The van der Waals surface area contributed by atoms with Crippen molar-refractivity contribution in [2.75, 3.05) is 13.1 Å². The number of rotatable bonds is 4. The van der Waals surface area contributed by atoms with Crippen LogP contribution in [0.1, 0.15) is 24.8 Å². The van der Waals surface area contributed by atoms with Crippen LogP contribution < -0.4 is 5.73 Å². The Labute approximate surface area is 118 Å². The van der Waals surface area contributed by atoms with E-state index in [2.05, 4.69) is 29.4 Å². The van der Waals surface area contributed by atoms with Gasteiger partial charge in [0.15, 0.2) is 0 Å². The number of carbonyl (C=O) groups is 1. The largest absolute Gasteiger partial charge is 0.361 e. The Balaban J connectivity index is 1.54. The molecule has 0 spiro atoms. The van der Waals surface area contributed by atoms with Gasteiger partial charge in [0.2, 0.25) is 5.91 Å². The van der Waals surface area contributed by atoms with Gasteiger partial charge in [-0.1, -0.05) is 18.2 Å². The van der Waals surface area contributed by atoms with Crippen LogP contribution in [0.4, 0.5) is 0 Å². The quantitative estimate of drug-likeness (QED) is 0.894. The second-order valence-corrected chi connectivity index (χ2v) is 5.60. The summed E-state index contributed by atoms with van der Waals surface area (Å²) in [4.78, 5) is 17.2. The molecule has 1 aliphatic rings. The van der Waals surface area contributed by atoms with Gasteiger partial charge in [-0.25, -0.2) is 0 Å². The molecule has 0 radical (unpaired) electrons. The molecule has 1 amide bonds. The summed E-state index contributed by atoms with van der Waals surface area (Å²) in [5.74, 6) is 0.248. The number of fused-ring (bicyclic) bond motifs is 1. The molecule has 1 aromatic heterocycles. The molecule has 2 heterocycles. The van der Waals surface area contributed by atoms with E-state index >= 15 is 0 Å². The minimum atomic E-state index is 0.174. The van der Waals surface area contributed by atoms with Crippen LogP contribution in [0.2, 0.25) is 0 Å². The first-order chi connectivity index (χ1) is 9.74. The molecule has 1 atom stereocenters. The van der Waals surface area contributed by atoms with Gasteiger partial charge in [0.1, 0.15) is 0 Å². The molecule has 2 aromatic rings. The highest BCUT2D eigenvalue weighted by atomic mass is 16.2. The summed E-state index contributed by atoms with van der Waals surface area (Å²) in [6.07, 6.45) is 5.45. The van der Waals surface area contributed by atoms with E-state index in [1.807, 2.05) is 11.0 Å². The summed E-state index contributed by atoms with van der Waals surface area (Å²) < 4.78 is 0. The number of carbonyl (C=O) groups excluding carboxylic acids is 1. The topological polar surface area (TPSA) is 62.1 Å². The lowest BCUT2D eigenvalue weighted by Crippen LogP contribution is -2.31. The van der Waals surface area contributed by atoms with Crippen molar-refractivity contribution in [2.24, 2.45) is 5.73 Å². The van der Waals surface area contributed by atoms with Crippen molar-refractivity contribution < 1.29 is 4.79 Å². The second-order valence-electron chi connectivity index (χ2n) is 5.60. The van der Waals surface area contributed by atoms with Crippen LogP contribution in [0.5, 0.6) is 0 Å². The molecule has 0 bridgehead atoms. The molecular weight excluding hydrogens is 250 g/mol. The Morgan fingerprint density at radius 3 is 3.05 bits per heavy atom. The number of aryl methyl sites for hydroxylation is 1. The van der Waals surface area contributed by atoms with E-state index in [4.69, 9.17) is 5.73 Å². The summed E-state index contributed by atoms with van der Waals surface area (Å²) in [5, 5.41) is 1.27. The van der Waals surface area contributed by atoms with Crippen molar-refractivity contribution in [3.05, 3.63) is 36.0 Å². The van der Waals surface area contributed by atoms with Crippen LogP contribution in [0.3, 0.4) is 0 Å². The van der Waals surface area contributed by atoms with E-state index in [-0.39, 0.29) is 11.9 Å². The first kappa shape index (κ1) is 13.2. The maximum atomic E-state index is 12.0. The molecular formula is C16H21N3O. The van der Waals surface area contributed by atoms with E-state index < -0.39 is 0 Å². The number of H-pyrrole nitrogens is 1. The zero-order valence-corrected chi connectivity index (χ0v) is 11.6. The van der Waals surface area contributed by atoms with Gasteiger partial charge in [-0.15, -0.1) is 0 Å². The van der Waals surface area contributed by atoms with Crippen molar-refractivity contribution in [3.63, 3.8) is 0 Å². The molecule has 1 fully saturated rings. The van der Waals surface area contributed by atoms with Gasteiger partial charge >= 0.3 is 0 Å². The molecule has 1 saturated heterocycles. The van der Waals surface area contributed by atoms with Gasteiger partial charge in [0, 0.05) is 42.7 Å². The number of likely N-dealkylation sites (tertiary alicyclic amines) is 1. The molecule has 1 aromatic carbocycles. The van der Waals surface area contributed by atoms with Crippen LogP contribution in [-0.2, 0) is 11.2 Å². The standard InChI is InChI=1S/C16H21N3O/c17-13-8-9-19(11-13)16(20)7-3-4-12-10-18-15-6-2-1-5-14(12)15/h1-2,5-6,10,13,18H,3-4,7-9,11,17H2/t13-/m1/s1. The minimum Gasteiger partial charge on any atom is -0.361 e. The fraction of sp³-hybridized carbons (Fsp3) is 0.438. The molecule has 4 nitrogen and oxygen atoms in total. The Bertz CT molecular complexity index is 605. The molecule has 3 rings (SSSR count). The van der Waals surface area contributed by atoms with E-state index in [1.54, 1.807) is 0 Å². The number of aromatic amines is 1. The lowest BCUT2D eigenvalue weighted by molar-refractivity contribution is -0.130. The molecule has 0 saturated carbocycles. The Kier molecular flexibility index (Phi) is 3.74. The minimum absolute atomic E-state index is 0.174. The normalized spacial score (nSPS) is 18.9. The highest BCUT2D eigenvalue weighted by molar-refractivity contribution is 5.83. The van der Waals surface area contributed by atoms with Gasteiger partial charge in [0.25, 0.3) is 0 Å². The van der Waals surface area contributed by atoms with Crippen LogP contribution in [0, 0.1) is 0 Å². The van der Waals surface area contributed by atoms with Crippen LogP contribution in [-0.4, -0.2) is 34.9 Å². The maximum Gasteiger partial charge on any atom is 0.222 e. The summed E-state index contributed by atoms with van der Waals surface area (Å²) in [5.41, 5.74) is 8.30. The molecule has 4 heteroatoms. The molecule has 20 heavy (non-hydrogen) atoms. The Morgan fingerprint density at radius 2 is 2.25 bits per heavy atom. The fourth-order valence-corrected chi connectivity index (χ4v) is 2.94. The molecule has 0 unspecified atom stereocenters. The van der Waals surface area contributed by atoms with Gasteiger partial charge < -0.3 is 15.6 Å². The number of amides is 1.